The SMILES string of the molecule is CNc1ccc(NC(=O)OC(C)(C)C)nc1N. The number of nitrogens with zero attached hydrogens (tertiary/aromatic N) is 1. The van der Waals surface area contributed by atoms with Crippen molar-refractivity contribution in [3.63, 3.8) is 0 Å². The number of pyridine rings is 1. The summed E-state index contributed by atoms with van der Waals surface area (Å²) in [6.45, 7) is 5.37. The second-order valence-corrected chi connectivity index (χ2v) is 4.51. The molecule has 0 bridgehead atoms. The molecule has 0 aliphatic carbocycles. The number of ether oxygens (including phenoxy) is 1. The minimum atomic E-state index is -0.554. The molecule has 1 rings (SSSR count). The fourth-order valence-corrected chi connectivity index (χ4v) is 1.16. The van der Waals surface area contributed by atoms with E-state index in [2.05, 4.69) is 15.6 Å². The highest BCUT2D eigenvalue weighted by molar-refractivity contribution is 5.84. The number of hydrogen-bond acceptors (Lipinski definition) is 5. The molecule has 6 heteroatoms. The van der Waals surface area contributed by atoms with E-state index in [0.29, 0.717) is 17.3 Å². The van der Waals surface area contributed by atoms with E-state index in [-0.39, 0.29) is 0 Å². The van der Waals surface area contributed by atoms with Crippen LogP contribution in [0.5, 0.6) is 0 Å². The molecule has 0 aliphatic heterocycles. The van der Waals surface area contributed by atoms with Crippen LogP contribution in [0, 0.1) is 0 Å². The molecule has 1 aromatic rings. The van der Waals surface area contributed by atoms with Crippen LogP contribution in [0.4, 0.5) is 22.1 Å². The van der Waals surface area contributed by atoms with E-state index < -0.39 is 11.7 Å². The molecule has 4 N–H and O–H groups in total. The maximum atomic E-state index is 11.5. The van der Waals surface area contributed by atoms with Crippen molar-refractivity contribution in [1.82, 2.24) is 4.98 Å². The third-order valence-electron chi connectivity index (χ3n) is 1.82. The molecule has 1 amide bonds. The fraction of sp³-hybridized carbons (Fsp3) is 0.455. The summed E-state index contributed by atoms with van der Waals surface area (Å²) in [6, 6.07) is 3.38. The van der Waals surface area contributed by atoms with E-state index in [1.54, 1.807) is 40.0 Å². The maximum Gasteiger partial charge on any atom is 0.413 e. The monoisotopic (exact) mass is 238 g/mol. The number of amides is 1. The number of nitrogens with two attached hydrogens (primary N) is 1. The van der Waals surface area contributed by atoms with Crippen LogP contribution in [0.1, 0.15) is 20.8 Å². The first-order chi connectivity index (χ1) is 7.81. The number of nitrogen functional groups attached to an aromatic ring is 1. The quantitative estimate of drug-likeness (QED) is 0.733. The van der Waals surface area contributed by atoms with Crippen LogP contribution in [-0.2, 0) is 4.74 Å². The van der Waals surface area contributed by atoms with Gasteiger partial charge in [0.25, 0.3) is 0 Å². The molecule has 0 saturated carbocycles. The number of aromatic nitrogens is 1. The molecule has 1 aromatic heterocycles. The summed E-state index contributed by atoms with van der Waals surface area (Å²) in [5.74, 6) is 0.678. The van der Waals surface area contributed by atoms with E-state index >= 15 is 0 Å². The van der Waals surface area contributed by atoms with Gasteiger partial charge in [-0.3, -0.25) is 5.32 Å². The first kappa shape index (κ1) is 13.1. The summed E-state index contributed by atoms with van der Waals surface area (Å²) in [5.41, 5.74) is 5.84. The molecule has 0 aromatic carbocycles. The molecule has 94 valence electrons. The third kappa shape index (κ3) is 4.18. The molecule has 0 saturated heterocycles. The lowest BCUT2D eigenvalue weighted by Gasteiger charge is -2.19. The largest absolute Gasteiger partial charge is 0.444 e. The van der Waals surface area contributed by atoms with Crippen LogP contribution in [-0.4, -0.2) is 23.7 Å². The van der Waals surface area contributed by atoms with Crippen LogP contribution >= 0.6 is 0 Å². The molecule has 0 fully saturated rings. The van der Waals surface area contributed by atoms with Gasteiger partial charge in [-0.1, -0.05) is 0 Å². The Hall–Kier alpha value is -1.98. The molecule has 0 unspecified atom stereocenters. The number of carbonyl (C=O) groups is 1. The Kier molecular flexibility index (Phi) is 3.77. The molecule has 0 radical (unpaired) electrons. The summed E-state index contributed by atoms with van der Waals surface area (Å²) in [4.78, 5) is 15.5. The summed E-state index contributed by atoms with van der Waals surface area (Å²) in [5, 5.41) is 5.39. The molecule has 17 heavy (non-hydrogen) atoms. The Labute approximate surface area is 101 Å². The number of anilines is 3. The zero-order valence-corrected chi connectivity index (χ0v) is 10.5. The predicted octanol–water partition coefficient (Wildman–Crippen LogP) is 2.05. The molecule has 1 heterocycles. The summed E-state index contributed by atoms with van der Waals surface area (Å²) < 4.78 is 5.09. The normalized spacial score (nSPS) is 10.8. The Morgan fingerprint density at radius 2 is 2.06 bits per heavy atom. The number of nitrogens with one attached hydrogen (secondary N) is 2. The average molecular weight is 238 g/mol. The highest BCUT2D eigenvalue weighted by Crippen LogP contribution is 2.18. The van der Waals surface area contributed by atoms with E-state index in [0.717, 1.165) is 0 Å². The summed E-state index contributed by atoms with van der Waals surface area (Å²) in [7, 11) is 1.74. The van der Waals surface area contributed by atoms with Crippen molar-refractivity contribution in [2.75, 3.05) is 23.4 Å². The first-order valence-corrected chi connectivity index (χ1v) is 5.26. The van der Waals surface area contributed by atoms with Crippen LogP contribution in [0.2, 0.25) is 0 Å². The number of hydrogen-bond donors (Lipinski definition) is 3. The Bertz CT molecular complexity index is 412. The van der Waals surface area contributed by atoms with E-state index in [1.165, 1.54) is 0 Å². The third-order valence-corrected chi connectivity index (χ3v) is 1.82. The minimum Gasteiger partial charge on any atom is -0.444 e. The van der Waals surface area contributed by atoms with Crippen molar-refractivity contribution in [3.05, 3.63) is 12.1 Å². The Balaban J connectivity index is 2.69. The van der Waals surface area contributed by atoms with Crippen LogP contribution in [0.3, 0.4) is 0 Å². The topological polar surface area (TPSA) is 89.3 Å². The second-order valence-electron chi connectivity index (χ2n) is 4.51. The number of rotatable bonds is 2. The van der Waals surface area contributed by atoms with Crippen molar-refractivity contribution in [2.24, 2.45) is 0 Å². The lowest BCUT2D eigenvalue weighted by molar-refractivity contribution is 0.0635. The van der Waals surface area contributed by atoms with Gasteiger partial charge in [-0.2, -0.15) is 0 Å². The highest BCUT2D eigenvalue weighted by atomic mass is 16.6. The standard InChI is InChI=1S/C11H18N4O2/c1-11(2,3)17-10(16)15-8-6-5-7(13-4)9(12)14-8/h5-6,13H,1-4H3,(H3,12,14,15,16). The van der Waals surface area contributed by atoms with Gasteiger partial charge in [0.1, 0.15) is 17.2 Å². The van der Waals surface area contributed by atoms with Crippen molar-refractivity contribution in [2.45, 2.75) is 26.4 Å². The maximum absolute atomic E-state index is 11.5. The van der Waals surface area contributed by atoms with E-state index in [4.69, 9.17) is 10.5 Å². The lowest BCUT2D eigenvalue weighted by atomic mass is 10.2. The molecule has 6 nitrogen and oxygen atoms in total. The van der Waals surface area contributed by atoms with Gasteiger partial charge in [0.15, 0.2) is 0 Å². The molecular weight excluding hydrogens is 220 g/mol. The molecule has 0 aliphatic rings. The highest BCUT2D eigenvalue weighted by Gasteiger charge is 2.16. The second kappa shape index (κ2) is 4.90. The van der Waals surface area contributed by atoms with Crippen LogP contribution in [0.25, 0.3) is 0 Å². The zero-order chi connectivity index (χ0) is 13.1. The van der Waals surface area contributed by atoms with Gasteiger partial charge in [0.2, 0.25) is 0 Å². The zero-order valence-electron chi connectivity index (χ0n) is 10.5. The first-order valence-electron chi connectivity index (χ1n) is 5.26. The van der Waals surface area contributed by atoms with Crippen molar-refractivity contribution >= 4 is 23.4 Å². The summed E-state index contributed by atoms with van der Waals surface area (Å²) >= 11 is 0. The van der Waals surface area contributed by atoms with Crippen LogP contribution in [0.15, 0.2) is 12.1 Å². The van der Waals surface area contributed by atoms with Crippen LogP contribution < -0.4 is 16.4 Å². The molecular formula is C11H18N4O2. The number of carbonyl (C=O) groups excluding carboxylic acids is 1. The average Bonchev–Trinajstić information content (AvgIpc) is 2.14. The Morgan fingerprint density at radius 3 is 2.53 bits per heavy atom. The van der Waals surface area contributed by atoms with E-state index in [9.17, 15) is 4.79 Å². The molecule has 0 atom stereocenters. The van der Waals surface area contributed by atoms with Gasteiger partial charge in [-0.05, 0) is 32.9 Å². The van der Waals surface area contributed by atoms with Gasteiger partial charge in [0.05, 0.1) is 5.69 Å². The van der Waals surface area contributed by atoms with Gasteiger partial charge in [-0.15, -0.1) is 0 Å². The molecule has 0 spiro atoms. The predicted molar refractivity (Wildman–Crippen MR) is 68.1 cm³/mol. The van der Waals surface area contributed by atoms with Gasteiger partial charge < -0.3 is 15.8 Å². The van der Waals surface area contributed by atoms with E-state index in [1.807, 2.05) is 0 Å². The van der Waals surface area contributed by atoms with Crippen molar-refractivity contribution in [1.29, 1.82) is 0 Å². The lowest BCUT2D eigenvalue weighted by Crippen LogP contribution is -2.27. The smallest absolute Gasteiger partial charge is 0.413 e. The fourth-order valence-electron chi connectivity index (χ4n) is 1.16. The van der Waals surface area contributed by atoms with Gasteiger partial charge in [0, 0.05) is 7.05 Å². The summed E-state index contributed by atoms with van der Waals surface area (Å²) in [6.07, 6.45) is -0.554. The van der Waals surface area contributed by atoms with Crippen molar-refractivity contribution < 1.29 is 9.53 Å². The van der Waals surface area contributed by atoms with Gasteiger partial charge >= 0.3 is 6.09 Å². The minimum absolute atomic E-state index is 0.320. The Morgan fingerprint density at radius 1 is 1.41 bits per heavy atom. The van der Waals surface area contributed by atoms with Crippen molar-refractivity contribution in [3.8, 4) is 0 Å². The van der Waals surface area contributed by atoms with Gasteiger partial charge in [-0.25, -0.2) is 9.78 Å².